The molecule has 18 heavy (non-hydrogen) atoms. The Balaban J connectivity index is 2.47. The van der Waals surface area contributed by atoms with Crippen molar-refractivity contribution in [2.75, 3.05) is 5.73 Å². The summed E-state index contributed by atoms with van der Waals surface area (Å²) >= 11 is 1.07. The average Bonchev–Trinajstić information content (AvgIpc) is 2.70. The number of alkyl halides is 3. The van der Waals surface area contributed by atoms with Crippen LogP contribution in [0, 0.1) is 0 Å². The van der Waals surface area contributed by atoms with Crippen LogP contribution in [0.15, 0.2) is 30.3 Å². The van der Waals surface area contributed by atoms with E-state index in [4.69, 9.17) is 5.73 Å². The molecule has 0 aliphatic carbocycles. The van der Waals surface area contributed by atoms with Gasteiger partial charge in [-0.3, -0.25) is 4.79 Å². The van der Waals surface area contributed by atoms with Crippen molar-refractivity contribution in [3.8, 4) is 10.4 Å². The van der Waals surface area contributed by atoms with Crippen LogP contribution >= 0.6 is 11.3 Å². The zero-order chi connectivity index (χ0) is 13.3. The van der Waals surface area contributed by atoms with Gasteiger partial charge in [-0.25, -0.2) is 0 Å². The number of thiophene rings is 1. The van der Waals surface area contributed by atoms with E-state index in [1.807, 2.05) is 0 Å². The molecule has 94 valence electrons. The van der Waals surface area contributed by atoms with Crippen molar-refractivity contribution in [2.45, 2.75) is 6.18 Å². The number of carbonyl (C=O) groups excluding carboxylic acids is 1. The predicted molar refractivity (Wildman–Crippen MR) is 64.6 cm³/mol. The molecule has 0 saturated carbocycles. The van der Waals surface area contributed by atoms with Gasteiger partial charge in [-0.2, -0.15) is 13.2 Å². The summed E-state index contributed by atoms with van der Waals surface area (Å²) in [7, 11) is 0. The summed E-state index contributed by atoms with van der Waals surface area (Å²) in [5.41, 5.74) is 5.53. The maximum Gasteiger partial charge on any atom is 0.416 e. The van der Waals surface area contributed by atoms with E-state index in [1.165, 1.54) is 12.1 Å². The number of hydrogen-bond donors (Lipinski definition) is 1. The number of anilines is 1. The third kappa shape index (κ3) is 2.38. The molecule has 2 aromatic rings. The first-order chi connectivity index (χ1) is 8.41. The van der Waals surface area contributed by atoms with Crippen molar-refractivity contribution in [3.05, 3.63) is 40.8 Å². The molecule has 2 nitrogen and oxygen atoms in total. The third-order valence-electron chi connectivity index (χ3n) is 2.37. The molecule has 0 radical (unpaired) electrons. The number of carbonyl (C=O) groups is 1. The molecule has 0 unspecified atom stereocenters. The lowest BCUT2D eigenvalue weighted by Gasteiger charge is -2.07. The SMILES string of the molecule is Nc1cc(-c2cccc(C(F)(F)F)c2)sc1C=O. The van der Waals surface area contributed by atoms with Gasteiger partial charge in [0.15, 0.2) is 6.29 Å². The van der Waals surface area contributed by atoms with Crippen LogP contribution in [0.1, 0.15) is 15.2 Å². The molecular weight excluding hydrogens is 263 g/mol. The molecule has 0 aliphatic rings. The molecule has 0 fully saturated rings. The first-order valence-corrected chi connectivity index (χ1v) is 5.75. The number of nitrogens with two attached hydrogens (primary N) is 1. The van der Waals surface area contributed by atoms with Crippen LogP contribution in [0.2, 0.25) is 0 Å². The first-order valence-electron chi connectivity index (χ1n) is 4.94. The highest BCUT2D eigenvalue weighted by molar-refractivity contribution is 7.17. The van der Waals surface area contributed by atoms with Crippen molar-refractivity contribution >= 4 is 23.3 Å². The van der Waals surface area contributed by atoms with Gasteiger partial charge in [0.05, 0.1) is 16.1 Å². The van der Waals surface area contributed by atoms with Crippen molar-refractivity contribution < 1.29 is 18.0 Å². The summed E-state index contributed by atoms with van der Waals surface area (Å²) in [5.74, 6) is 0. The second kappa shape index (κ2) is 4.45. The highest BCUT2D eigenvalue weighted by Gasteiger charge is 2.30. The minimum absolute atomic E-state index is 0.280. The van der Waals surface area contributed by atoms with E-state index in [9.17, 15) is 18.0 Å². The van der Waals surface area contributed by atoms with Crippen LogP contribution in [-0.4, -0.2) is 6.29 Å². The van der Waals surface area contributed by atoms with Crippen LogP contribution in [-0.2, 0) is 6.18 Å². The van der Waals surface area contributed by atoms with Gasteiger partial charge < -0.3 is 5.73 Å². The zero-order valence-electron chi connectivity index (χ0n) is 8.99. The smallest absolute Gasteiger partial charge is 0.397 e. The summed E-state index contributed by atoms with van der Waals surface area (Å²) in [6.45, 7) is 0. The van der Waals surface area contributed by atoms with E-state index in [1.54, 1.807) is 6.07 Å². The minimum atomic E-state index is -4.38. The Kier molecular flexibility index (Phi) is 3.13. The number of benzene rings is 1. The molecule has 2 rings (SSSR count). The molecule has 0 amide bonds. The fourth-order valence-corrected chi connectivity index (χ4v) is 2.39. The van der Waals surface area contributed by atoms with Crippen molar-refractivity contribution in [1.82, 2.24) is 0 Å². The molecule has 0 aliphatic heterocycles. The summed E-state index contributed by atoms with van der Waals surface area (Å²) in [5, 5.41) is 0. The van der Waals surface area contributed by atoms with Crippen LogP contribution in [0.25, 0.3) is 10.4 Å². The third-order valence-corrected chi connectivity index (χ3v) is 3.50. The summed E-state index contributed by atoms with van der Waals surface area (Å²) < 4.78 is 37.7. The highest BCUT2D eigenvalue weighted by Crippen LogP contribution is 2.36. The van der Waals surface area contributed by atoms with Gasteiger partial charge in [0, 0.05) is 4.88 Å². The molecule has 1 aromatic carbocycles. The van der Waals surface area contributed by atoms with Crippen molar-refractivity contribution in [1.29, 1.82) is 0 Å². The second-order valence-corrected chi connectivity index (χ2v) is 4.71. The lowest BCUT2D eigenvalue weighted by molar-refractivity contribution is -0.137. The van der Waals surface area contributed by atoms with Crippen molar-refractivity contribution in [2.24, 2.45) is 0 Å². The Bertz CT molecular complexity index is 589. The van der Waals surface area contributed by atoms with E-state index in [-0.39, 0.29) is 5.69 Å². The number of nitrogen functional groups attached to an aromatic ring is 1. The van der Waals surface area contributed by atoms with E-state index in [0.29, 0.717) is 21.6 Å². The number of rotatable bonds is 2. The lowest BCUT2D eigenvalue weighted by atomic mass is 10.1. The Morgan fingerprint density at radius 1 is 1.22 bits per heavy atom. The van der Waals surface area contributed by atoms with E-state index in [2.05, 4.69) is 0 Å². The van der Waals surface area contributed by atoms with Gasteiger partial charge >= 0.3 is 6.18 Å². The monoisotopic (exact) mass is 271 g/mol. The Morgan fingerprint density at radius 2 is 1.94 bits per heavy atom. The van der Waals surface area contributed by atoms with Crippen LogP contribution in [0.5, 0.6) is 0 Å². The second-order valence-electron chi connectivity index (χ2n) is 3.63. The maximum absolute atomic E-state index is 12.6. The van der Waals surface area contributed by atoms with Gasteiger partial charge in [-0.05, 0) is 23.8 Å². The fourth-order valence-electron chi connectivity index (χ4n) is 1.50. The number of aldehydes is 1. The maximum atomic E-state index is 12.6. The normalized spacial score (nSPS) is 11.5. The van der Waals surface area contributed by atoms with Crippen LogP contribution in [0.3, 0.4) is 0 Å². The van der Waals surface area contributed by atoms with Gasteiger partial charge in [0.2, 0.25) is 0 Å². The molecule has 1 heterocycles. The largest absolute Gasteiger partial charge is 0.416 e. The Labute approximate surface area is 105 Å². The average molecular weight is 271 g/mol. The minimum Gasteiger partial charge on any atom is -0.397 e. The molecule has 0 atom stereocenters. The summed E-state index contributed by atoms with van der Waals surface area (Å²) in [4.78, 5) is 11.5. The van der Waals surface area contributed by atoms with E-state index < -0.39 is 11.7 Å². The highest BCUT2D eigenvalue weighted by atomic mass is 32.1. The molecular formula is C12H8F3NOS. The Morgan fingerprint density at radius 3 is 2.50 bits per heavy atom. The summed E-state index contributed by atoms with van der Waals surface area (Å²) in [6.07, 6.45) is -3.79. The van der Waals surface area contributed by atoms with Crippen LogP contribution < -0.4 is 5.73 Å². The summed E-state index contributed by atoms with van der Waals surface area (Å²) in [6, 6.07) is 6.43. The van der Waals surface area contributed by atoms with Crippen LogP contribution in [0.4, 0.5) is 18.9 Å². The quantitative estimate of drug-likeness (QED) is 0.843. The topological polar surface area (TPSA) is 43.1 Å². The van der Waals surface area contributed by atoms with E-state index >= 15 is 0 Å². The molecule has 2 N–H and O–H groups in total. The first kappa shape index (κ1) is 12.6. The van der Waals surface area contributed by atoms with E-state index in [0.717, 1.165) is 23.5 Å². The number of hydrogen-bond acceptors (Lipinski definition) is 3. The standard InChI is InChI=1S/C12H8F3NOS/c13-12(14,15)8-3-1-2-7(4-8)10-5-9(16)11(6-17)18-10/h1-6H,16H2. The fraction of sp³-hybridized carbons (Fsp3) is 0.0833. The van der Waals surface area contributed by atoms with Crippen molar-refractivity contribution in [3.63, 3.8) is 0 Å². The van der Waals surface area contributed by atoms with Gasteiger partial charge in [-0.15, -0.1) is 11.3 Å². The molecule has 0 saturated heterocycles. The molecule has 6 heteroatoms. The number of halogens is 3. The molecule has 0 spiro atoms. The van der Waals surface area contributed by atoms with Gasteiger partial charge in [0.1, 0.15) is 0 Å². The predicted octanol–water partition coefficient (Wildman–Crippen LogP) is 3.83. The molecule has 1 aromatic heterocycles. The van der Waals surface area contributed by atoms with Gasteiger partial charge in [-0.1, -0.05) is 12.1 Å². The van der Waals surface area contributed by atoms with Gasteiger partial charge in [0.25, 0.3) is 0 Å². The molecule has 0 bridgehead atoms. The Hall–Kier alpha value is -1.82. The lowest BCUT2D eigenvalue weighted by Crippen LogP contribution is -2.04. The zero-order valence-corrected chi connectivity index (χ0v) is 9.81.